The van der Waals surface area contributed by atoms with Crippen LogP contribution in [0.5, 0.6) is 0 Å². The summed E-state index contributed by atoms with van der Waals surface area (Å²) in [6.45, 7) is 14.6. The van der Waals surface area contributed by atoms with Crippen molar-refractivity contribution >= 4 is 32.6 Å². The Labute approximate surface area is 271 Å². The van der Waals surface area contributed by atoms with Gasteiger partial charge in [0, 0.05) is 81.0 Å². The van der Waals surface area contributed by atoms with E-state index in [2.05, 4.69) is 42.0 Å². The summed E-state index contributed by atoms with van der Waals surface area (Å²) in [5.74, 6) is 3.06. The molecule has 2 aromatic carbocycles. The van der Waals surface area contributed by atoms with Gasteiger partial charge in [-0.05, 0) is 50.5 Å². The van der Waals surface area contributed by atoms with Crippen molar-refractivity contribution in [3.05, 3.63) is 82.8 Å². The molecule has 5 aromatic rings. The number of aromatic nitrogens is 5. The topological polar surface area (TPSA) is 101 Å². The van der Waals surface area contributed by atoms with Crippen LogP contribution in [-0.4, -0.2) is 64.4 Å². The van der Waals surface area contributed by atoms with Crippen molar-refractivity contribution in [1.29, 1.82) is 0 Å². The highest BCUT2D eigenvalue weighted by molar-refractivity contribution is 7.90. The quantitative estimate of drug-likeness (QED) is 0.272. The molecule has 7 rings (SSSR count). The van der Waals surface area contributed by atoms with Gasteiger partial charge in [-0.1, -0.05) is 43.7 Å². The number of rotatable bonds is 6. The van der Waals surface area contributed by atoms with E-state index < -0.39 is 10.0 Å². The molecule has 0 saturated carbocycles. The smallest absolute Gasteiger partial charge is 0.268 e. The number of piperazine rings is 1. The van der Waals surface area contributed by atoms with E-state index in [4.69, 9.17) is 15.1 Å². The fraction of sp³-hybridized carbons (Fsp3) is 0.400. The van der Waals surface area contributed by atoms with E-state index in [1.54, 1.807) is 18.3 Å². The van der Waals surface area contributed by atoms with E-state index in [9.17, 15) is 8.42 Å². The maximum atomic E-state index is 13.8. The summed E-state index contributed by atoms with van der Waals surface area (Å²) in [4.78, 5) is 15.6. The summed E-state index contributed by atoms with van der Waals surface area (Å²) >= 11 is 0. The molecule has 0 spiro atoms. The molecule has 0 aliphatic carbocycles. The summed E-state index contributed by atoms with van der Waals surface area (Å²) in [6.07, 6.45) is 2.50. The van der Waals surface area contributed by atoms with Crippen molar-refractivity contribution in [2.24, 2.45) is 7.05 Å². The standard InChI is InChI=1S/C35H42N8O2S/c1-22(2)30-18-32(40(6)39-30)41-16-14-29-28(21-41)35(42-17-15-36-25(5)20-42)38-34(37-29)27-8-7-9-31-33(27)24(4)19-43(31)46(44,45)26-12-10-23(3)11-13-26/h7-13,18-19,22,25,36H,14-17,20-21H2,1-6H3. The molecule has 0 bridgehead atoms. The van der Waals surface area contributed by atoms with Gasteiger partial charge in [-0.15, -0.1) is 0 Å². The van der Waals surface area contributed by atoms with Crippen LogP contribution < -0.4 is 15.1 Å². The second kappa shape index (κ2) is 11.5. The Morgan fingerprint density at radius 2 is 1.78 bits per heavy atom. The lowest BCUT2D eigenvalue weighted by atomic mass is 10.0. The van der Waals surface area contributed by atoms with Crippen molar-refractivity contribution in [2.45, 2.75) is 64.4 Å². The Kier molecular flexibility index (Phi) is 7.64. The number of anilines is 2. The molecule has 2 aliphatic rings. The number of nitrogens with one attached hydrogen (secondary N) is 1. The van der Waals surface area contributed by atoms with Gasteiger partial charge < -0.3 is 15.1 Å². The van der Waals surface area contributed by atoms with Crippen LogP contribution in [0.3, 0.4) is 0 Å². The summed E-state index contributed by atoms with van der Waals surface area (Å²) in [5, 5.41) is 9.19. The van der Waals surface area contributed by atoms with Crippen LogP contribution in [0.1, 0.15) is 54.8 Å². The fourth-order valence-corrected chi connectivity index (χ4v) is 8.23. The van der Waals surface area contributed by atoms with Gasteiger partial charge >= 0.3 is 0 Å². The molecular formula is C35H42N8O2S. The van der Waals surface area contributed by atoms with Crippen LogP contribution in [0.15, 0.2) is 59.6 Å². The molecule has 0 amide bonds. The van der Waals surface area contributed by atoms with Crippen molar-refractivity contribution in [3.63, 3.8) is 0 Å². The summed E-state index contributed by atoms with van der Waals surface area (Å²) in [6, 6.07) is 15.3. The lowest BCUT2D eigenvalue weighted by molar-refractivity contribution is 0.480. The predicted octanol–water partition coefficient (Wildman–Crippen LogP) is 5.17. The van der Waals surface area contributed by atoms with Crippen LogP contribution in [0.4, 0.5) is 11.6 Å². The van der Waals surface area contributed by atoms with Crippen LogP contribution in [0.25, 0.3) is 22.3 Å². The lowest BCUT2D eigenvalue weighted by Crippen LogP contribution is -2.50. The lowest BCUT2D eigenvalue weighted by Gasteiger charge is -2.37. The highest BCUT2D eigenvalue weighted by Gasteiger charge is 2.30. The summed E-state index contributed by atoms with van der Waals surface area (Å²) in [5.41, 5.74) is 6.63. The largest absolute Gasteiger partial charge is 0.353 e. The maximum absolute atomic E-state index is 13.8. The number of hydrogen-bond donors (Lipinski definition) is 1. The van der Waals surface area contributed by atoms with Gasteiger partial charge in [0.15, 0.2) is 5.82 Å². The van der Waals surface area contributed by atoms with Crippen LogP contribution in [0.2, 0.25) is 0 Å². The molecule has 5 heterocycles. The average Bonchev–Trinajstić information content (AvgIpc) is 3.61. The molecule has 11 heteroatoms. The van der Waals surface area contributed by atoms with Gasteiger partial charge in [0.05, 0.1) is 21.8 Å². The van der Waals surface area contributed by atoms with E-state index >= 15 is 0 Å². The summed E-state index contributed by atoms with van der Waals surface area (Å²) in [7, 11) is -1.78. The number of fused-ring (bicyclic) bond motifs is 2. The molecule has 46 heavy (non-hydrogen) atoms. The molecule has 1 saturated heterocycles. The molecular weight excluding hydrogens is 597 g/mol. The second-order valence-electron chi connectivity index (χ2n) is 13.1. The van der Waals surface area contributed by atoms with Gasteiger partial charge in [-0.2, -0.15) is 5.10 Å². The van der Waals surface area contributed by atoms with Gasteiger partial charge in [-0.3, -0.25) is 4.68 Å². The third kappa shape index (κ3) is 5.25. The van der Waals surface area contributed by atoms with E-state index in [1.165, 1.54) is 3.97 Å². The third-order valence-corrected chi connectivity index (χ3v) is 11.0. The SMILES string of the molecule is Cc1ccc(S(=O)(=O)n2cc(C)c3c(-c4nc5c(c(N6CCNC(C)C6)n4)CN(c4cc(C(C)C)nn4C)CC5)cccc32)cc1. The molecule has 240 valence electrons. The van der Waals surface area contributed by atoms with Gasteiger partial charge in [0.2, 0.25) is 0 Å². The minimum Gasteiger partial charge on any atom is -0.353 e. The fourth-order valence-electron chi connectivity index (χ4n) is 6.81. The minimum atomic E-state index is -3.80. The first-order chi connectivity index (χ1) is 22.0. The van der Waals surface area contributed by atoms with E-state index in [1.807, 2.05) is 55.9 Å². The molecule has 10 nitrogen and oxygen atoms in total. The predicted molar refractivity (Wildman–Crippen MR) is 183 cm³/mol. The van der Waals surface area contributed by atoms with E-state index in [0.29, 0.717) is 29.8 Å². The van der Waals surface area contributed by atoms with Crippen LogP contribution in [0, 0.1) is 13.8 Å². The Morgan fingerprint density at radius 1 is 1.00 bits per heavy atom. The zero-order chi connectivity index (χ0) is 32.3. The van der Waals surface area contributed by atoms with Gasteiger partial charge in [0.25, 0.3) is 10.0 Å². The Balaban J connectivity index is 1.35. The first-order valence-electron chi connectivity index (χ1n) is 16.1. The normalized spacial score (nSPS) is 17.2. The van der Waals surface area contributed by atoms with Crippen molar-refractivity contribution < 1.29 is 8.42 Å². The summed E-state index contributed by atoms with van der Waals surface area (Å²) < 4.78 is 31.0. The number of hydrogen-bond acceptors (Lipinski definition) is 8. The zero-order valence-electron chi connectivity index (χ0n) is 27.4. The number of benzene rings is 2. The van der Waals surface area contributed by atoms with Crippen LogP contribution in [-0.2, 0) is 30.0 Å². The van der Waals surface area contributed by atoms with Crippen molar-refractivity contribution in [1.82, 2.24) is 29.0 Å². The highest BCUT2D eigenvalue weighted by atomic mass is 32.2. The number of aryl methyl sites for hydroxylation is 3. The maximum Gasteiger partial charge on any atom is 0.268 e. The second-order valence-corrected chi connectivity index (χ2v) is 14.9. The number of nitrogens with zero attached hydrogens (tertiary/aromatic N) is 7. The molecule has 0 radical (unpaired) electrons. The van der Waals surface area contributed by atoms with Crippen molar-refractivity contribution in [2.75, 3.05) is 36.0 Å². The van der Waals surface area contributed by atoms with E-state index in [0.717, 1.165) is 83.3 Å². The van der Waals surface area contributed by atoms with Gasteiger partial charge in [-0.25, -0.2) is 22.4 Å². The first kappa shape index (κ1) is 30.4. The first-order valence-corrected chi connectivity index (χ1v) is 17.6. The molecule has 3 aromatic heterocycles. The van der Waals surface area contributed by atoms with Gasteiger partial charge in [0.1, 0.15) is 11.6 Å². The Morgan fingerprint density at radius 3 is 2.50 bits per heavy atom. The molecule has 1 fully saturated rings. The third-order valence-electron chi connectivity index (χ3n) is 9.30. The average molecular weight is 639 g/mol. The molecule has 2 aliphatic heterocycles. The highest BCUT2D eigenvalue weighted by Crippen LogP contribution is 2.37. The Hall–Kier alpha value is -4.22. The zero-order valence-corrected chi connectivity index (χ0v) is 28.3. The monoisotopic (exact) mass is 638 g/mol. The molecule has 1 N–H and O–H groups in total. The van der Waals surface area contributed by atoms with E-state index in [-0.39, 0.29) is 4.90 Å². The van der Waals surface area contributed by atoms with Crippen LogP contribution >= 0.6 is 0 Å². The minimum absolute atomic E-state index is 0.263. The molecule has 1 unspecified atom stereocenters. The van der Waals surface area contributed by atoms with Crippen molar-refractivity contribution in [3.8, 4) is 11.4 Å². The Bertz CT molecular complexity index is 2050. The molecule has 1 atom stereocenters.